The molecule has 7 nitrogen and oxygen atoms in total. The summed E-state index contributed by atoms with van der Waals surface area (Å²) in [6.45, 7) is 11.8. The molecular weight excluding hydrogens is 292 g/mol. The van der Waals surface area contributed by atoms with E-state index in [4.69, 9.17) is 0 Å². The van der Waals surface area contributed by atoms with Crippen LogP contribution in [0.5, 0.6) is 0 Å². The summed E-state index contributed by atoms with van der Waals surface area (Å²) in [5.41, 5.74) is 0. The molecule has 7 heteroatoms. The van der Waals surface area contributed by atoms with Crippen molar-refractivity contribution in [3.8, 4) is 0 Å². The molecule has 1 atom stereocenters. The predicted octanol–water partition coefficient (Wildman–Crippen LogP) is -0.487. The highest BCUT2D eigenvalue weighted by Crippen LogP contribution is 2.03. The third-order valence-electron chi connectivity index (χ3n) is 4.00. The van der Waals surface area contributed by atoms with Gasteiger partial charge in [0.1, 0.15) is 6.54 Å². The second kappa shape index (κ2) is 10.4. The first-order valence-electron chi connectivity index (χ1n) is 8.55. The molecule has 1 amide bonds. The average Bonchev–Trinajstić information content (AvgIpc) is 2.51. The maximum Gasteiger partial charge on any atom is 0.243 e. The molecule has 0 radical (unpaired) electrons. The van der Waals surface area contributed by atoms with Crippen LogP contribution in [0, 0.1) is 5.92 Å². The summed E-state index contributed by atoms with van der Waals surface area (Å²) in [6.07, 6.45) is 0. The molecule has 1 heterocycles. The molecule has 0 aromatic heterocycles. The van der Waals surface area contributed by atoms with Crippen LogP contribution in [0.25, 0.3) is 0 Å². The van der Waals surface area contributed by atoms with Crippen LogP contribution >= 0.6 is 0 Å². The minimum atomic E-state index is 0.00712. The number of carbonyl (C=O) groups excluding carboxylic acids is 1. The lowest BCUT2D eigenvalue weighted by molar-refractivity contribution is -0.127. The van der Waals surface area contributed by atoms with Crippen molar-refractivity contribution in [2.24, 2.45) is 10.9 Å². The van der Waals surface area contributed by atoms with Crippen molar-refractivity contribution in [2.45, 2.75) is 13.8 Å². The molecule has 1 unspecified atom stereocenters. The normalized spacial score (nSPS) is 18.6. The number of nitrogens with zero attached hydrogens (tertiary/aromatic N) is 4. The molecule has 0 aromatic rings. The fraction of sp³-hybridized carbons (Fsp3) is 0.875. The molecule has 1 aliphatic rings. The number of nitrogens with one attached hydrogen (secondary N) is 2. The number of amides is 1. The number of aliphatic imine (C=N–C) groups is 1. The van der Waals surface area contributed by atoms with Crippen molar-refractivity contribution in [1.29, 1.82) is 0 Å². The summed E-state index contributed by atoms with van der Waals surface area (Å²) in [4.78, 5) is 22.4. The summed E-state index contributed by atoms with van der Waals surface area (Å²) < 4.78 is 0. The Bertz CT molecular complexity index is 377. The van der Waals surface area contributed by atoms with Gasteiger partial charge in [-0.15, -0.1) is 0 Å². The van der Waals surface area contributed by atoms with Gasteiger partial charge in [-0.1, -0.05) is 6.92 Å². The van der Waals surface area contributed by atoms with E-state index in [0.29, 0.717) is 11.9 Å². The van der Waals surface area contributed by atoms with E-state index in [-0.39, 0.29) is 12.5 Å². The Morgan fingerprint density at radius 3 is 2.43 bits per heavy atom. The van der Waals surface area contributed by atoms with Crippen molar-refractivity contribution >= 4 is 11.9 Å². The SMILES string of the molecule is CCNC(=NCC(=O)N(C)C)NCC(C)CN1CCN(C)CC1. The second-order valence-electron chi connectivity index (χ2n) is 6.57. The Balaban J connectivity index is 2.35. The molecule has 0 saturated carbocycles. The van der Waals surface area contributed by atoms with E-state index in [1.807, 2.05) is 6.92 Å². The topological polar surface area (TPSA) is 63.2 Å². The molecule has 2 N–H and O–H groups in total. The maximum absolute atomic E-state index is 11.6. The van der Waals surface area contributed by atoms with Gasteiger partial charge >= 0.3 is 0 Å². The highest BCUT2D eigenvalue weighted by atomic mass is 16.2. The van der Waals surface area contributed by atoms with Crippen LogP contribution in [0.15, 0.2) is 4.99 Å². The zero-order valence-corrected chi connectivity index (χ0v) is 15.4. The molecule has 0 bridgehead atoms. The van der Waals surface area contributed by atoms with Crippen LogP contribution in [-0.2, 0) is 4.79 Å². The van der Waals surface area contributed by atoms with E-state index >= 15 is 0 Å². The molecule has 23 heavy (non-hydrogen) atoms. The van der Waals surface area contributed by atoms with Gasteiger partial charge in [0, 0.05) is 59.9 Å². The lowest BCUT2D eigenvalue weighted by atomic mass is 10.1. The van der Waals surface area contributed by atoms with Gasteiger partial charge in [-0.25, -0.2) is 4.99 Å². The number of hydrogen-bond donors (Lipinski definition) is 2. The fourth-order valence-electron chi connectivity index (χ4n) is 2.44. The van der Waals surface area contributed by atoms with Gasteiger partial charge in [-0.2, -0.15) is 0 Å². The van der Waals surface area contributed by atoms with Gasteiger partial charge in [0.05, 0.1) is 0 Å². The highest BCUT2D eigenvalue weighted by Gasteiger charge is 2.16. The molecule has 134 valence electrons. The quantitative estimate of drug-likeness (QED) is 0.488. The van der Waals surface area contributed by atoms with Gasteiger partial charge in [0.25, 0.3) is 0 Å². The van der Waals surface area contributed by atoms with E-state index in [1.54, 1.807) is 19.0 Å². The van der Waals surface area contributed by atoms with E-state index in [1.165, 1.54) is 0 Å². The average molecular weight is 326 g/mol. The summed E-state index contributed by atoms with van der Waals surface area (Å²) in [6, 6.07) is 0. The van der Waals surface area contributed by atoms with Crippen molar-refractivity contribution in [3.05, 3.63) is 0 Å². The first kappa shape index (κ1) is 19.7. The largest absolute Gasteiger partial charge is 0.357 e. The van der Waals surface area contributed by atoms with Crippen LogP contribution in [-0.4, -0.2) is 100 Å². The van der Waals surface area contributed by atoms with Gasteiger partial charge < -0.3 is 25.3 Å². The minimum absolute atomic E-state index is 0.00712. The number of hydrogen-bond acceptors (Lipinski definition) is 4. The maximum atomic E-state index is 11.6. The van der Waals surface area contributed by atoms with E-state index < -0.39 is 0 Å². The number of likely N-dealkylation sites (N-methyl/N-ethyl adjacent to an activating group) is 2. The zero-order chi connectivity index (χ0) is 17.2. The van der Waals surface area contributed by atoms with Crippen LogP contribution in [0.1, 0.15) is 13.8 Å². The summed E-state index contributed by atoms with van der Waals surface area (Å²) in [5.74, 6) is 1.26. The molecule has 0 aromatic carbocycles. The Kier molecular flexibility index (Phi) is 8.94. The lowest BCUT2D eigenvalue weighted by Gasteiger charge is -2.34. The standard InChI is InChI=1S/C16H34N6O/c1-6-17-16(19-12-15(23)20(3)4)18-11-14(2)13-22-9-7-21(5)8-10-22/h14H,6-13H2,1-5H3,(H2,17,18,19). The molecule has 0 spiro atoms. The number of carbonyl (C=O) groups is 1. The van der Waals surface area contributed by atoms with Crippen LogP contribution in [0.2, 0.25) is 0 Å². The Morgan fingerprint density at radius 2 is 1.87 bits per heavy atom. The number of piperazine rings is 1. The summed E-state index contributed by atoms with van der Waals surface area (Å²) in [5, 5.41) is 6.53. The van der Waals surface area contributed by atoms with E-state index in [9.17, 15) is 4.79 Å². The van der Waals surface area contributed by atoms with Crippen molar-refractivity contribution in [1.82, 2.24) is 25.3 Å². The highest BCUT2D eigenvalue weighted by molar-refractivity contribution is 5.84. The summed E-state index contributed by atoms with van der Waals surface area (Å²) in [7, 11) is 5.67. The van der Waals surface area contributed by atoms with Crippen LogP contribution in [0.3, 0.4) is 0 Å². The van der Waals surface area contributed by atoms with Crippen molar-refractivity contribution in [3.63, 3.8) is 0 Å². The second-order valence-corrected chi connectivity index (χ2v) is 6.57. The molecule has 1 rings (SSSR count). The smallest absolute Gasteiger partial charge is 0.243 e. The van der Waals surface area contributed by atoms with Gasteiger partial charge in [-0.3, -0.25) is 4.79 Å². The predicted molar refractivity (Wildman–Crippen MR) is 95.8 cm³/mol. The lowest BCUT2D eigenvalue weighted by Crippen LogP contribution is -2.47. The molecular formula is C16H34N6O. The first-order chi connectivity index (χ1) is 10.9. The fourth-order valence-corrected chi connectivity index (χ4v) is 2.44. The number of guanidine groups is 1. The zero-order valence-electron chi connectivity index (χ0n) is 15.4. The monoisotopic (exact) mass is 326 g/mol. The first-order valence-corrected chi connectivity index (χ1v) is 8.55. The van der Waals surface area contributed by atoms with E-state index in [0.717, 1.165) is 45.8 Å². The van der Waals surface area contributed by atoms with Gasteiger partial charge in [0.2, 0.25) is 5.91 Å². The Labute approximate surface area is 141 Å². The third kappa shape index (κ3) is 8.18. The number of rotatable bonds is 7. The van der Waals surface area contributed by atoms with Crippen LogP contribution < -0.4 is 10.6 Å². The molecule has 1 fully saturated rings. The van der Waals surface area contributed by atoms with Gasteiger partial charge in [0.15, 0.2) is 5.96 Å². The Morgan fingerprint density at radius 1 is 1.22 bits per heavy atom. The van der Waals surface area contributed by atoms with Gasteiger partial charge in [-0.05, 0) is 19.9 Å². The third-order valence-corrected chi connectivity index (χ3v) is 4.00. The minimum Gasteiger partial charge on any atom is -0.357 e. The van der Waals surface area contributed by atoms with E-state index in [2.05, 4.69) is 39.4 Å². The molecule has 1 saturated heterocycles. The summed E-state index contributed by atoms with van der Waals surface area (Å²) >= 11 is 0. The van der Waals surface area contributed by atoms with Crippen LogP contribution in [0.4, 0.5) is 0 Å². The Hall–Kier alpha value is -1.34. The van der Waals surface area contributed by atoms with Crippen molar-refractivity contribution < 1.29 is 4.79 Å². The molecule has 0 aliphatic carbocycles. The molecule has 1 aliphatic heterocycles. The van der Waals surface area contributed by atoms with Crippen molar-refractivity contribution in [2.75, 3.05) is 73.5 Å².